The van der Waals surface area contributed by atoms with Gasteiger partial charge in [0.1, 0.15) is 0 Å². The van der Waals surface area contributed by atoms with Crippen molar-refractivity contribution in [3.05, 3.63) is 47.5 Å². The maximum atomic E-state index is 13.6. The second kappa shape index (κ2) is 6.86. The number of hydrogen-bond donors (Lipinski definition) is 1. The van der Waals surface area contributed by atoms with Gasteiger partial charge in [-0.2, -0.15) is 0 Å². The molecule has 1 N–H and O–H groups in total. The molecule has 0 unspecified atom stereocenters. The van der Waals surface area contributed by atoms with Gasteiger partial charge in [0.15, 0.2) is 17.5 Å². The van der Waals surface area contributed by atoms with Crippen molar-refractivity contribution in [3.63, 3.8) is 0 Å². The first-order valence-corrected chi connectivity index (χ1v) is 7.58. The van der Waals surface area contributed by atoms with Gasteiger partial charge in [0.2, 0.25) is 5.95 Å². The van der Waals surface area contributed by atoms with E-state index in [1.807, 2.05) is 4.90 Å². The van der Waals surface area contributed by atoms with Crippen LogP contribution in [0.2, 0.25) is 0 Å². The minimum Gasteiger partial charge on any atom is -0.341 e. The Labute approximate surface area is 136 Å². The Kier molecular flexibility index (Phi) is 4.64. The van der Waals surface area contributed by atoms with Gasteiger partial charge in [0.25, 0.3) is 5.91 Å². The first-order chi connectivity index (χ1) is 11.6. The van der Waals surface area contributed by atoms with Crippen LogP contribution in [0.25, 0.3) is 0 Å². The molecule has 0 saturated carbocycles. The lowest BCUT2D eigenvalue weighted by molar-refractivity contribution is 0.102. The minimum atomic E-state index is -1.68. The molecule has 1 aromatic carbocycles. The average molecular weight is 336 g/mol. The fourth-order valence-corrected chi connectivity index (χ4v) is 2.54. The molecule has 0 spiro atoms. The van der Waals surface area contributed by atoms with Gasteiger partial charge in [-0.25, -0.2) is 23.1 Å². The SMILES string of the molecule is O=C(Nc1cnc(N2CCCCC2)nc1)c1ccc(F)c(F)c1F. The van der Waals surface area contributed by atoms with Gasteiger partial charge in [0.05, 0.1) is 23.6 Å². The van der Waals surface area contributed by atoms with Crippen LogP contribution in [-0.2, 0) is 0 Å². The maximum absolute atomic E-state index is 13.6. The Morgan fingerprint density at radius 1 is 1.00 bits per heavy atom. The van der Waals surface area contributed by atoms with Crippen molar-refractivity contribution in [3.8, 4) is 0 Å². The lowest BCUT2D eigenvalue weighted by Crippen LogP contribution is -2.30. The van der Waals surface area contributed by atoms with Crippen LogP contribution < -0.4 is 10.2 Å². The van der Waals surface area contributed by atoms with E-state index in [1.165, 1.54) is 18.8 Å². The molecule has 0 atom stereocenters. The third-order valence-electron chi connectivity index (χ3n) is 3.81. The zero-order valence-corrected chi connectivity index (χ0v) is 12.7. The number of carbonyl (C=O) groups is 1. The molecule has 24 heavy (non-hydrogen) atoms. The predicted octanol–water partition coefficient (Wildman–Crippen LogP) is 3.14. The van der Waals surface area contributed by atoms with Crippen molar-refractivity contribution < 1.29 is 18.0 Å². The topological polar surface area (TPSA) is 58.1 Å². The number of carbonyl (C=O) groups excluding carboxylic acids is 1. The first kappa shape index (κ1) is 16.2. The predicted molar refractivity (Wildman–Crippen MR) is 82.4 cm³/mol. The summed E-state index contributed by atoms with van der Waals surface area (Å²) in [5.74, 6) is -4.90. The molecular weight excluding hydrogens is 321 g/mol. The highest BCUT2D eigenvalue weighted by molar-refractivity contribution is 6.04. The van der Waals surface area contributed by atoms with E-state index in [0.29, 0.717) is 12.0 Å². The molecular formula is C16H15F3N4O. The number of aromatic nitrogens is 2. The standard InChI is InChI=1S/C16H15F3N4O/c17-12-5-4-11(13(18)14(12)19)15(24)22-10-8-20-16(21-9-10)23-6-2-1-3-7-23/h4-5,8-9H,1-3,6-7H2,(H,22,24). The van der Waals surface area contributed by atoms with Gasteiger partial charge in [0, 0.05) is 13.1 Å². The van der Waals surface area contributed by atoms with Gasteiger partial charge in [-0.05, 0) is 31.4 Å². The molecule has 0 bridgehead atoms. The Hall–Kier alpha value is -2.64. The highest BCUT2D eigenvalue weighted by atomic mass is 19.2. The van der Waals surface area contributed by atoms with Crippen molar-refractivity contribution in [2.75, 3.05) is 23.3 Å². The Morgan fingerprint density at radius 2 is 1.67 bits per heavy atom. The Bertz CT molecular complexity index is 746. The van der Waals surface area contributed by atoms with Crippen LogP contribution >= 0.6 is 0 Å². The molecule has 1 fully saturated rings. The summed E-state index contributed by atoms with van der Waals surface area (Å²) in [6.07, 6.45) is 6.14. The molecule has 126 valence electrons. The lowest BCUT2D eigenvalue weighted by Gasteiger charge is -2.26. The van der Waals surface area contributed by atoms with Crippen molar-refractivity contribution in [2.45, 2.75) is 19.3 Å². The fourth-order valence-electron chi connectivity index (χ4n) is 2.54. The highest BCUT2D eigenvalue weighted by Crippen LogP contribution is 2.18. The van der Waals surface area contributed by atoms with Crippen LogP contribution in [0.5, 0.6) is 0 Å². The van der Waals surface area contributed by atoms with E-state index in [1.54, 1.807) is 0 Å². The molecule has 8 heteroatoms. The molecule has 2 heterocycles. The Morgan fingerprint density at radius 3 is 2.33 bits per heavy atom. The molecule has 1 amide bonds. The van der Waals surface area contributed by atoms with E-state index >= 15 is 0 Å². The quantitative estimate of drug-likeness (QED) is 0.875. The molecule has 0 aliphatic carbocycles. The number of hydrogen-bond acceptors (Lipinski definition) is 4. The number of anilines is 2. The van der Waals surface area contributed by atoms with Crippen LogP contribution in [0.1, 0.15) is 29.6 Å². The van der Waals surface area contributed by atoms with Crippen LogP contribution in [0.15, 0.2) is 24.5 Å². The zero-order valence-electron chi connectivity index (χ0n) is 12.7. The summed E-state index contributed by atoms with van der Waals surface area (Å²) in [5, 5.41) is 2.36. The number of amides is 1. The van der Waals surface area contributed by atoms with Crippen molar-refractivity contribution >= 4 is 17.5 Å². The van der Waals surface area contributed by atoms with Gasteiger partial charge in [-0.1, -0.05) is 0 Å². The van der Waals surface area contributed by atoms with Crippen molar-refractivity contribution in [1.29, 1.82) is 0 Å². The molecule has 5 nitrogen and oxygen atoms in total. The van der Waals surface area contributed by atoms with Gasteiger partial charge in [-0.15, -0.1) is 0 Å². The molecule has 0 radical (unpaired) electrons. The van der Waals surface area contributed by atoms with Gasteiger partial charge >= 0.3 is 0 Å². The summed E-state index contributed by atoms with van der Waals surface area (Å²) in [7, 11) is 0. The normalized spacial score (nSPS) is 14.5. The number of rotatable bonds is 3. The van der Waals surface area contributed by atoms with E-state index in [-0.39, 0.29) is 5.69 Å². The van der Waals surface area contributed by atoms with Gasteiger partial charge < -0.3 is 10.2 Å². The molecule has 1 aromatic heterocycles. The maximum Gasteiger partial charge on any atom is 0.258 e. The third kappa shape index (κ3) is 3.32. The second-order valence-corrected chi connectivity index (χ2v) is 5.50. The van der Waals surface area contributed by atoms with E-state index in [0.717, 1.165) is 32.0 Å². The zero-order chi connectivity index (χ0) is 17.1. The summed E-state index contributed by atoms with van der Waals surface area (Å²) in [6.45, 7) is 1.76. The average Bonchev–Trinajstić information content (AvgIpc) is 2.61. The monoisotopic (exact) mass is 336 g/mol. The van der Waals surface area contributed by atoms with E-state index < -0.39 is 28.9 Å². The summed E-state index contributed by atoms with van der Waals surface area (Å²) >= 11 is 0. The van der Waals surface area contributed by atoms with Crippen LogP contribution in [0.3, 0.4) is 0 Å². The largest absolute Gasteiger partial charge is 0.341 e. The number of piperidine rings is 1. The fraction of sp³-hybridized carbons (Fsp3) is 0.312. The van der Waals surface area contributed by atoms with Crippen LogP contribution in [0, 0.1) is 17.5 Å². The molecule has 3 rings (SSSR count). The van der Waals surface area contributed by atoms with E-state index in [4.69, 9.17) is 0 Å². The van der Waals surface area contributed by atoms with Crippen LogP contribution in [0.4, 0.5) is 24.8 Å². The van der Waals surface area contributed by atoms with Crippen molar-refractivity contribution in [1.82, 2.24) is 9.97 Å². The molecule has 1 aliphatic heterocycles. The first-order valence-electron chi connectivity index (χ1n) is 7.58. The second-order valence-electron chi connectivity index (χ2n) is 5.50. The van der Waals surface area contributed by atoms with Crippen LogP contribution in [-0.4, -0.2) is 29.0 Å². The van der Waals surface area contributed by atoms with Crippen molar-refractivity contribution in [2.24, 2.45) is 0 Å². The minimum absolute atomic E-state index is 0.241. The lowest BCUT2D eigenvalue weighted by atomic mass is 10.1. The third-order valence-corrected chi connectivity index (χ3v) is 3.81. The number of benzene rings is 1. The molecule has 1 saturated heterocycles. The summed E-state index contributed by atoms with van der Waals surface area (Å²) in [5.41, 5.74) is -0.348. The smallest absolute Gasteiger partial charge is 0.258 e. The molecule has 1 aliphatic rings. The van der Waals surface area contributed by atoms with E-state index in [2.05, 4.69) is 15.3 Å². The van der Waals surface area contributed by atoms with E-state index in [9.17, 15) is 18.0 Å². The summed E-state index contributed by atoms with van der Waals surface area (Å²) in [4.78, 5) is 22.4. The van der Waals surface area contributed by atoms with Gasteiger partial charge in [-0.3, -0.25) is 4.79 Å². The number of nitrogens with zero attached hydrogens (tertiary/aromatic N) is 3. The Balaban J connectivity index is 1.72. The summed E-state index contributed by atoms with van der Waals surface area (Å²) < 4.78 is 39.7. The number of nitrogens with one attached hydrogen (secondary N) is 1. The highest BCUT2D eigenvalue weighted by Gasteiger charge is 2.19. The summed E-state index contributed by atoms with van der Waals surface area (Å²) in [6, 6.07) is 1.58. The molecule has 2 aromatic rings. The number of halogens is 3.